The first-order chi connectivity index (χ1) is 9.65. The second-order valence-electron chi connectivity index (χ2n) is 4.71. The van der Waals surface area contributed by atoms with Crippen LogP contribution in [0.4, 0.5) is 17.1 Å². The van der Waals surface area contributed by atoms with Gasteiger partial charge in [0.1, 0.15) is 0 Å². The molecule has 3 rings (SSSR count). The normalized spacial score (nSPS) is 10.7. The molecule has 0 fully saturated rings. The fraction of sp³-hybridized carbons (Fsp3) is 0.0625. The van der Waals surface area contributed by atoms with Crippen molar-refractivity contribution in [1.29, 1.82) is 0 Å². The zero-order valence-corrected chi connectivity index (χ0v) is 12.6. The molecule has 3 aromatic rings. The highest BCUT2D eigenvalue weighted by Gasteiger charge is 2.06. The van der Waals surface area contributed by atoms with Crippen molar-refractivity contribution in [2.45, 2.75) is 6.92 Å². The monoisotopic (exact) mass is 327 g/mol. The summed E-state index contributed by atoms with van der Waals surface area (Å²) >= 11 is 3.50. The molecule has 0 aliphatic heterocycles. The Hall–Kier alpha value is -2.07. The predicted octanol–water partition coefficient (Wildman–Crippen LogP) is 4.63. The smallest absolute Gasteiger partial charge is 0.0481 e. The molecule has 0 saturated carbocycles. The van der Waals surface area contributed by atoms with Gasteiger partial charge in [-0.25, -0.2) is 0 Å². The number of rotatable bonds is 2. The molecule has 0 atom stereocenters. The quantitative estimate of drug-likeness (QED) is 0.674. The van der Waals surface area contributed by atoms with Crippen molar-refractivity contribution in [2.24, 2.45) is 0 Å². The fourth-order valence-electron chi connectivity index (χ4n) is 2.20. The number of fused-ring (bicyclic) bond motifs is 1. The zero-order valence-electron chi connectivity index (χ0n) is 11.0. The molecule has 0 aliphatic carbocycles. The van der Waals surface area contributed by atoms with Crippen LogP contribution in [-0.4, -0.2) is 4.98 Å². The number of aryl methyl sites for hydroxylation is 1. The highest BCUT2D eigenvalue weighted by Crippen LogP contribution is 2.31. The molecule has 0 spiro atoms. The van der Waals surface area contributed by atoms with E-state index in [1.54, 1.807) is 6.20 Å². The van der Waals surface area contributed by atoms with Gasteiger partial charge in [0.15, 0.2) is 0 Å². The first kappa shape index (κ1) is 12.9. The Morgan fingerprint density at radius 2 is 1.90 bits per heavy atom. The molecule has 4 heteroatoms. The lowest BCUT2D eigenvalue weighted by molar-refractivity contribution is 1.36. The van der Waals surface area contributed by atoms with Crippen molar-refractivity contribution in [2.75, 3.05) is 11.1 Å². The van der Waals surface area contributed by atoms with E-state index in [2.05, 4.69) is 45.3 Å². The van der Waals surface area contributed by atoms with Crippen molar-refractivity contribution < 1.29 is 0 Å². The molecule has 0 amide bonds. The second-order valence-corrected chi connectivity index (χ2v) is 5.62. The van der Waals surface area contributed by atoms with Crippen molar-refractivity contribution >= 4 is 43.8 Å². The third kappa shape index (κ3) is 2.34. The van der Waals surface area contributed by atoms with E-state index in [0.717, 1.165) is 32.3 Å². The lowest BCUT2D eigenvalue weighted by Crippen LogP contribution is -1.96. The van der Waals surface area contributed by atoms with Gasteiger partial charge >= 0.3 is 0 Å². The number of nitrogen functional groups attached to an aromatic ring is 1. The van der Waals surface area contributed by atoms with Gasteiger partial charge in [0.05, 0.1) is 0 Å². The maximum Gasteiger partial charge on any atom is 0.0481 e. The number of hydrogen-bond acceptors (Lipinski definition) is 3. The van der Waals surface area contributed by atoms with Crippen LogP contribution in [0.1, 0.15) is 5.56 Å². The van der Waals surface area contributed by atoms with E-state index in [-0.39, 0.29) is 0 Å². The number of nitrogens with zero attached hydrogens (tertiary/aromatic N) is 1. The maximum absolute atomic E-state index is 6.01. The Bertz CT molecular complexity index is 784. The molecule has 2 aromatic carbocycles. The molecule has 20 heavy (non-hydrogen) atoms. The van der Waals surface area contributed by atoms with Gasteiger partial charge in [-0.3, -0.25) is 4.98 Å². The Morgan fingerprint density at radius 1 is 1.05 bits per heavy atom. The van der Waals surface area contributed by atoms with Gasteiger partial charge in [0.25, 0.3) is 0 Å². The summed E-state index contributed by atoms with van der Waals surface area (Å²) < 4.78 is 1.04. The van der Waals surface area contributed by atoms with E-state index in [1.165, 1.54) is 5.56 Å². The van der Waals surface area contributed by atoms with Gasteiger partial charge in [-0.2, -0.15) is 0 Å². The average molecular weight is 328 g/mol. The Morgan fingerprint density at radius 3 is 2.75 bits per heavy atom. The molecule has 3 nitrogen and oxygen atoms in total. The molecule has 100 valence electrons. The molecule has 0 saturated heterocycles. The standard InChI is InChI=1S/C16H14BrN3/c1-10-2-3-11(17)8-16(10)20-15-5-4-14(18)12-6-7-19-9-13(12)15/h2-9,20H,18H2,1H3. The van der Waals surface area contributed by atoms with Gasteiger partial charge in [0, 0.05) is 44.7 Å². The third-order valence-electron chi connectivity index (χ3n) is 3.32. The minimum atomic E-state index is 0.763. The topological polar surface area (TPSA) is 50.9 Å². The van der Waals surface area contributed by atoms with Crippen molar-refractivity contribution in [3.63, 3.8) is 0 Å². The summed E-state index contributed by atoms with van der Waals surface area (Å²) in [6, 6.07) is 12.0. The summed E-state index contributed by atoms with van der Waals surface area (Å²) in [6.45, 7) is 2.08. The van der Waals surface area contributed by atoms with Crippen molar-refractivity contribution in [3.05, 3.63) is 58.8 Å². The van der Waals surface area contributed by atoms with E-state index in [9.17, 15) is 0 Å². The van der Waals surface area contributed by atoms with Crippen LogP contribution in [0, 0.1) is 6.92 Å². The van der Waals surface area contributed by atoms with Gasteiger partial charge in [-0.1, -0.05) is 22.0 Å². The van der Waals surface area contributed by atoms with Crippen LogP contribution in [0.25, 0.3) is 10.8 Å². The fourth-order valence-corrected chi connectivity index (χ4v) is 2.56. The number of halogens is 1. The van der Waals surface area contributed by atoms with Gasteiger partial charge in [0.2, 0.25) is 0 Å². The molecule has 0 radical (unpaired) electrons. The van der Waals surface area contributed by atoms with Crippen LogP contribution >= 0.6 is 15.9 Å². The Labute approximate surface area is 126 Å². The maximum atomic E-state index is 6.01. The largest absolute Gasteiger partial charge is 0.398 e. The number of benzene rings is 2. The van der Waals surface area contributed by atoms with E-state index >= 15 is 0 Å². The van der Waals surface area contributed by atoms with Gasteiger partial charge < -0.3 is 11.1 Å². The second kappa shape index (κ2) is 5.13. The first-order valence-electron chi connectivity index (χ1n) is 6.30. The first-order valence-corrected chi connectivity index (χ1v) is 7.10. The number of hydrogen-bond donors (Lipinski definition) is 2. The molecule has 1 heterocycles. The van der Waals surface area contributed by atoms with E-state index < -0.39 is 0 Å². The molecule has 3 N–H and O–H groups in total. The summed E-state index contributed by atoms with van der Waals surface area (Å²) in [5.74, 6) is 0. The van der Waals surface area contributed by atoms with Crippen molar-refractivity contribution in [3.8, 4) is 0 Å². The zero-order chi connectivity index (χ0) is 14.1. The SMILES string of the molecule is Cc1ccc(Br)cc1Nc1ccc(N)c2ccncc12. The number of anilines is 3. The van der Waals surface area contributed by atoms with Crippen molar-refractivity contribution in [1.82, 2.24) is 4.98 Å². The number of nitrogens with one attached hydrogen (secondary N) is 1. The molecule has 0 unspecified atom stereocenters. The summed E-state index contributed by atoms with van der Waals surface area (Å²) in [4.78, 5) is 4.19. The van der Waals surface area contributed by atoms with Gasteiger partial charge in [-0.05, 0) is 42.8 Å². The summed E-state index contributed by atoms with van der Waals surface area (Å²) in [7, 11) is 0. The number of nitrogens with two attached hydrogens (primary N) is 1. The molecular weight excluding hydrogens is 314 g/mol. The van der Waals surface area contributed by atoms with Crippen LogP contribution in [0.15, 0.2) is 53.3 Å². The average Bonchev–Trinajstić information content (AvgIpc) is 2.46. The lowest BCUT2D eigenvalue weighted by atomic mass is 10.1. The van der Waals surface area contributed by atoms with E-state index in [4.69, 9.17) is 5.73 Å². The molecule has 0 aliphatic rings. The van der Waals surface area contributed by atoms with Crippen LogP contribution in [0.3, 0.4) is 0 Å². The number of aromatic nitrogens is 1. The summed E-state index contributed by atoms with van der Waals surface area (Å²) in [6.07, 6.45) is 3.59. The molecule has 1 aromatic heterocycles. The van der Waals surface area contributed by atoms with Gasteiger partial charge in [-0.15, -0.1) is 0 Å². The minimum Gasteiger partial charge on any atom is -0.398 e. The van der Waals surface area contributed by atoms with E-state index in [0.29, 0.717) is 0 Å². The Kier molecular flexibility index (Phi) is 3.32. The van der Waals surface area contributed by atoms with Crippen LogP contribution < -0.4 is 11.1 Å². The van der Waals surface area contributed by atoms with Crippen LogP contribution in [0.2, 0.25) is 0 Å². The highest BCUT2D eigenvalue weighted by molar-refractivity contribution is 9.10. The minimum absolute atomic E-state index is 0.763. The van der Waals surface area contributed by atoms with Crippen LogP contribution in [-0.2, 0) is 0 Å². The summed E-state index contributed by atoms with van der Waals surface area (Å²) in [5.41, 5.74) is 10.0. The predicted molar refractivity (Wildman–Crippen MR) is 88.3 cm³/mol. The highest BCUT2D eigenvalue weighted by atomic mass is 79.9. The van der Waals surface area contributed by atoms with Crippen LogP contribution in [0.5, 0.6) is 0 Å². The van der Waals surface area contributed by atoms with E-state index in [1.807, 2.05) is 30.5 Å². The molecule has 0 bridgehead atoms. The number of pyridine rings is 1. The molecular formula is C16H14BrN3. The Balaban J connectivity index is 2.11. The summed E-state index contributed by atoms with van der Waals surface area (Å²) in [5, 5.41) is 5.49. The third-order valence-corrected chi connectivity index (χ3v) is 3.81. The lowest BCUT2D eigenvalue weighted by Gasteiger charge is -2.13.